The molecule has 0 spiro atoms. The van der Waals surface area contributed by atoms with Gasteiger partial charge < -0.3 is 0 Å². The van der Waals surface area contributed by atoms with Gasteiger partial charge in [0, 0.05) is 18.4 Å². The molecule has 2 heteroatoms. The monoisotopic (exact) mass is 399 g/mol. The van der Waals surface area contributed by atoms with Gasteiger partial charge in [-0.15, -0.1) is 0 Å². The van der Waals surface area contributed by atoms with E-state index < -0.39 is 0 Å². The minimum absolute atomic E-state index is 0.261. The van der Waals surface area contributed by atoms with Crippen molar-refractivity contribution in [3.8, 4) is 11.3 Å². The summed E-state index contributed by atoms with van der Waals surface area (Å²) in [5.41, 5.74) is 7.11. The highest BCUT2D eigenvalue weighted by atomic mass is 19.1. The van der Waals surface area contributed by atoms with E-state index in [-0.39, 0.29) is 5.82 Å². The second-order valence-corrected chi connectivity index (χ2v) is 8.94. The number of halogens is 1. The van der Waals surface area contributed by atoms with Crippen LogP contribution in [0.1, 0.15) is 55.4 Å². The summed E-state index contributed by atoms with van der Waals surface area (Å²) in [7, 11) is 2.04. The molecule has 1 fully saturated rings. The number of pyridine rings is 1. The molecule has 1 aromatic heterocycles. The first-order chi connectivity index (χ1) is 14.9. The molecule has 0 saturated heterocycles. The molecular weight excluding hydrogens is 369 g/mol. The van der Waals surface area contributed by atoms with Crippen molar-refractivity contribution in [1.29, 1.82) is 0 Å². The number of hydrogen-bond acceptors (Lipinski definition) is 0. The maximum absolute atomic E-state index is 15.0. The van der Waals surface area contributed by atoms with Crippen molar-refractivity contribution in [2.75, 3.05) is 0 Å². The lowest BCUT2D eigenvalue weighted by molar-refractivity contribution is -0.665. The number of fused-ring (bicyclic) bond motifs is 3. The van der Waals surface area contributed by atoms with Gasteiger partial charge in [0.15, 0.2) is 5.69 Å². The van der Waals surface area contributed by atoms with Crippen molar-refractivity contribution < 1.29 is 10.3 Å². The molecule has 0 aliphatic heterocycles. The zero-order valence-corrected chi connectivity index (χ0v) is 18.3. The molecule has 0 amide bonds. The summed E-state index contributed by atoms with van der Waals surface area (Å²) in [5.74, 6) is 0.365. The molecule has 1 saturated carbocycles. The minimum atomic E-state index is -0.261. The third kappa shape index (κ3) is 2.93. The van der Waals surface area contributed by atoms with Crippen molar-refractivity contribution in [3.63, 3.8) is 0 Å². The van der Waals surface area contributed by atoms with Gasteiger partial charge in [-0.3, -0.25) is 0 Å². The van der Waals surface area contributed by atoms with E-state index in [9.17, 15) is 4.39 Å². The molecule has 0 unspecified atom stereocenters. The number of hydrogen-bond donors (Lipinski definition) is 0. The molecule has 30 heavy (non-hydrogen) atoms. The Morgan fingerprint density at radius 2 is 1.70 bits per heavy atom. The van der Waals surface area contributed by atoms with Crippen molar-refractivity contribution in [3.05, 3.63) is 76.7 Å². The molecule has 0 bridgehead atoms. The molecule has 0 N–H and O–H groups in total. The van der Waals surface area contributed by atoms with Crippen LogP contribution in [0.25, 0.3) is 32.8 Å². The first kappa shape index (κ1) is 18.1. The van der Waals surface area contributed by atoms with Crippen molar-refractivity contribution >= 4 is 21.5 Å². The predicted octanol–water partition coefficient (Wildman–Crippen LogP) is 7.21. The van der Waals surface area contributed by atoms with Gasteiger partial charge in [-0.1, -0.05) is 43.2 Å². The summed E-state index contributed by atoms with van der Waals surface area (Å²) in [4.78, 5) is 0. The van der Waals surface area contributed by atoms with Gasteiger partial charge in [0.1, 0.15) is 12.9 Å². The zero-order valence-electron chi connectivity index (χ0n) is 19.3. The highest BCUT2D eigenvalue weighted by molar-refractivity contribution is 6.13. The van der Waals surface area contributed by atoms with Crippen LogP contribution in [0.15, 0.2) is 48.5 Å². The van der Waals surface area contributed by atoms with Crippen LogP contribution in [0.3, 0.4) is 0 Å². The first-order valence-corrected chi connectivity index (χ1v) is 11.0. The molecule has 0 radical (unpaired) electrons. The fraction of sp³-hybridized carbons (Fsp3) is 0.321. The second-order valence-electron chi connectivity index (χ2n) is 8.94. The Balaban J connectivity index is 1.95. The van der Waals surface area contributed by atoms with E-state index in [1.165, 1.54) is 47.9 Å². The van der Waals surface area contributed by atoms with Crippen LogP contribution in [0.2, 0.25) is 0 Å². The lowest BCUT2D eigenvalue weighted by atomic mass is 9.88. The second kappa shape index (κ2) is 7.19. The lowest BCUT2D eigenvalue weighted by Crippen LogP contribution is -2.35. The van der Waals surface area contributed by atoms with Gasteiger partial charge in [-0.25, -0.2) is 4.39 Å². The number of rotatable bonds is 2. The van der Waals surface area contributed by atoms with E-state index in [0.29, 0.717) is 22.7 Å². The SMILES string of the molecule is [2H]c1c(C)[n+](C)c(-c2cc(C3CCCC3)cc(C)c2C)c2c1cc(F)c1ccccc12. The molecule has 1 nitrogen and oxygen atoms in total. The smallest absolute Gasteiger partial charge is 0.206 e. The largest absolute Gasteiger partial charge is 0.221 e. The van der Waals surface area contributed by atoms with Crippen LogP contribution in [-0.4, -0.2) is 0 Å². The quantitative estimate of drug-likeness (QED) is 0.248. The van der Waals surface area contributed by atoms with Crippen molar-refractivity contribution in [1.82, 2.24) is 0 Å². The van der Waals surface area contributed by atoms with Crippen LogP contribution in [0.5, 0.6) is 0 Å². The van der Waals surface area contributed by atoms with Gasteiger partial charge >= 0.3 is 0 Å². The van der Waals surface area contributed by atoms with Crippen molar-refractivity contribution in [2.24, 2.45) is 7.05 Å². The highest BCUT2D eigenvalue weighted by Gasteiger charge is 2.25. The van der Waals surface area contributed by atoms with E-state index >= 15 is 0 Å². The average molecular weight is 400 g/mol. The minimum Gasteiger partial charge on any atom is -0.206 e. The van der Waals surface area contributed by atoms with Crippen LogP contribution in [0, 0.1) is 26.6 Å². The Kier molecular flexibility index (Phi) is 4.33. The van der Waals surface area contributed by atoms with Gasteiger partial charge in [0.25, 0.3) is 0 Å². The summed E-state index contributed by atoms with van der Waals surface area (Å²) in [6.07, 6.45) is 5.13. The van der Waals surface area contributed by atoms with E-state index in [2.05, 4.69) is 30.5 Å². The maximum atomic E-state index is 15.0. The standard InChI is InChI=1S/C28H29FN/c1-17-13-21(20-9-5-6-10-20)15-25(19(17)3)28-27-22(14-18(2)30(28)4)16-26(29)23-11-7-8-12-24(23)27/h7-8,11-16,20H,5-6,9-10H2,1-4H3/q+1/i14D. The fourth-order valence-electron chi connectivity index (χ4n) is 5.24. The normalized spacial score (nSPS) is 15.3. The molecule has 152 valence electrons. The fourth-order valence-corrected chi connectivity index (χ4v) is 5.24. The Hall–Kier alpha value is -2.74. The molecular formula is C28H29FN+. The molecule has 5 rings (SSSR count). The third-order valence-electron chi connectivity index (χ3n) is 7.16. The molecule has 3 aromatic carbocycles. The molecule has 1 aliphatic rings. The maximum Gasteiger partial charge on any atom is 0.221 e. The molecule has 1 heterocycles. The van der Waals surface area contributed by atoms with Gasteiger partial charge in [-0.2, -0.15) is 4.57 Å². The first-order valence-electron chi connectivity index (χ1n) is 11.5. The summed E-state index contributed by atoms with van der Waals surface area (Å²) < 4.78 is 25.9. The summed E-state index contributed by atoms with van der Waals surface area (Å²) in [6, 6.07) is 14.3. The topological polar surface area (TPSA) is 3.88 Å². The summed E-state index contributed by atoms with van der Waals surface area (Å²) in [6.45, 7) is 6.34. The lowest BCUT2D eigenvalue weighted by Gasteiger charge is -2.17. The Bertz CT molecular complexity index is 1350. The number of nitrogens with zero attached hydrogens (tertiary/aromatic N) is 1. The zero-order chi connectivity index (χ0) is 21.9. The van der Waals surface area contributed by atoms with E-state index in [1.807, 2.05) is 38.2 Å². The van der Waals surface area contributed by atoms with Crippen LogP contribution < -0.4 is 4.57 Å². The van der Waals surface area contributed by atoms with Crippen molar-refractivity contribution in [2.45, 2.75) is 52.4 Å². The Morgan fingerprint density at radius 1 is 1.00 bits per heavy atom. The molecule has 0 atom stereocenters. The van der Waals surface area contributed by atoms with Gasteiger partial charge in [-0.05, 0) is 72.2 Å². The average Bonchev–Trinajstić information content (AvgIpc) is 3.31. The summed E-state index contributed by atoms with van der Waals surface area (Å²) in [5, 5.41) is 3.15. The van der Waals surface area contributed by atoms with E-state index in [4.69, 9.17) is 1.37 Å². The highest BCUT2D eigenvalue weighted by Crippen LogP contribution is 2.40. The summed E-state index contributed by atoms with van der Waals surface area (Å²) >= 11 is 0. The number of aromatic nitrogens is 1. The predicted molar refractivity (Wildman–Crippen MR) is 123 cm³/mol. The van der Waals surface area contributed by atoms with Crippen LogP contribution in [0.4, 0.5) is 4.39 Å². The number of benzene rings is 3. The van der Waals surface area contributed by atoms with E-state index in [1.54, 1.807) is 6.07 Å². The number of aryl methyl sites for hydroxylation is 1. The van der Waals surface area contributed by atoms with Crippen LogP contribution >= 0.6 is 0 Å². The molecule has 4 aromatic rings. The molecule has 1 aliphatic carbocycles. The van der Waals surface area contributed by atoms with Crippen LogP contribution in [-0.2, 0) is 7.05 Å². The van der Waals surface area contributed by atoms with Gasteiger partial charge in [0.05, 0.1) is 12.3 Å². The van der Waals surface area contributed by atoms with E-state index in [0.717, 1.165) is 22.2 Å². The Labute approximate surface area is 179 Å². The third-order valence-corrected chi connectivity index (χ3v) is 7.16. The Morgan fingerprint density at radius 3 is 2.43 bits per heavy atom. The van der Waals surface area contributed by atoms with Gasteiger partial charge in [0.2, 0.25) is 5.69 Å².